The summed E-state index contributed by atoms with van der Waals surface area (Å²) in [6.07, 6.45) is 3.91. The first-order valence-electron chi connectivity index (χ1n) is 7.62. The zero-order chi connectivity index (χ0) is 18.5. The van der Waals surface area contributed by atoms with E-state index >= 15 is 0 Å². The van der Waals surface area contributed by atoms with Crippen LogP contribution in [0.3, 0.4) is 0 Å². The van der Waals surface area contributed by atoms with Gasteiger partial charge in [-0.3, -0.25) is 0 Å². The molecular formula is C18H16F3N5. The highest BCUT2D eigenvalue weighted by molar-refractivity contribution is 5.86. The van der Waals surface area contributed by atoms with Crippen molar-refractivity contribution in [2.45, 2.75) is 6.54 Å². The molecule has 3 rings (SSSR count). The first kappa shape index (κ1) is 17.4. The van der Waals surface area contributed by atoms with Gasteiger partial charge in [0.25, 0.3) is 0 Å². The van der Waals surface area contributed by atoms with Gasteiger partial charge in [0.1, 0.15) is 17.5 Å². The molecule has 0 saturated carbocycles. The van der Waals surface area contributed by atoms with Gasteiger partial charge in [-0.15, -0.1) is 0 Å². The molecule has 0 aliphatic carbocycles. The largest absolute Gasteiger partial charge is 0.380 e. The van der Waals surface area contributed by atoms with E-state index in [1.54, 1.807) is 0 Å². The summed E-state index contributed by atoms with van der Waals surface area (Å²) in [5.74, 6) is -1.33. The van der Waals surface area contributed by atoms with Crippen LogP contribution in [0.25, 0.3) is 0 Å². The van der Waals surface area contributed by atoms with Crippen LogP contribution in [-0.2, 0) is 6.54 Å². The van der Waals surface area contributed by atoms with Crippen molar-refractivity contribution < 1.29 is 14.6 Å². The lowest BCUT2D eigenvalue weighted by molar-refractivity contribution is 0.587. The van der Waals surface area contributed by atoms with Crippen LogP contribution in [0.1, 0.15) is 12.6 Å². The third-order valence-electron chi connectivity index (χ3n) is 3.57. The van der Waals surface area contributed by atoms with Crippen LogP contribution in [-0.4, -0.2) is 16.2 Å². The number of benzene rings is 1. The van der Waals surface area contributed by atoms with E-state index < -0.39 is 17.5 Å². The lowest BCUT2D eigenvalue weighted by Gasteiger charge is -2.12. The molecule has 2 aromatic heterocycles. The topological polar surface area (TPSA) is 73.7 Å². The molecule has 0 unspecified atom stereocenters. The van der Waals surface area contributed by atoms with Gasteiger partial charge in [-0.25, -0.2) is 23.1 Å². The number of hydrogen-bond acceptors (Lipinski definition) is 5. The zero-order valence-corrected chi connectivity index (χ0v) is 13.4. The number of rotatable bonds is 6. The summed E-state index contributed by atoms with van der Waals surface area (Å²) in [5, 5.41) is 13.1. The van der Waals surface area contributed by atoms with Crippen LogP contribution in [0, 0.1) is 22.9 Å². The SMILES string of the molecule is N=Cc1cnc(Nc2ncccc2F)cc1NCc1cc(F)ccc1F.[HH]. The predicted octanol–water partition coefficient (Wildman–Crippen LogP) is 4.49. The highest BCUT2D eigenvalue weighted by atomic mass is 19.1. The molecule has 0 fully saturated rings. The molecule has 0 aliphatic rings. The van der Waals surface area contributed by atoms with Crippen LogP contribution in [0.5, 0.6) is 0 Å². The highest BCUT2D eigenvalue weighted by Gasteiger charge is 2.09. The van der Waals surface area contributed by atoms with E-state index in [-0.39, 0.29) is 25.2 Å². The molecule has 0 spiro atoms. The Morgan fingerprint density at radius 3 is 2.69 bits per heavy atom. The summed E-state index contributed by atoms with van der Waals surface area (Å²) in [6, 6.07) is 7.44. The first-order valence-corrected chi connectivity index (χ1v) is 7.62. The van der Waals surface area contributed by atoms with Crippen LogP contribution >= 0.6 is 0 Å². The van der Waals surface area contributed by atoms with Crippen molar-refractivity contribution in [3.05, 3.63) is 77.4 Å². The number of nitrogens with one attached hydrogen (secondary N) is 3. The van der Waals surface area contributed by atoms with E-state index in [0.29, 0.717) is 11.3 Å². The Kier molecular flexibility index (Phi) is 5.12. The van der Waals surface area contributed by atoms with E-state index in [2.05, 4.69) is 20.6 Å². The fourth-order valence-corrected chi connectivity index (χ4v) is 2.27. The van der Waals surface area contributed by atoms with Crippen molar-refractivity contribution in [2.24, 2.45) is 0 Å². The van der Waals surface area contributed by atoms with Gasteiger partial charge in [-0.2, -0.15) is 0 Å². The van der Waals surface area contributed by atoms with Gasteiger partial charge in [0.15, 0.2) is 11.6 Å². The van der Waals surface area contributed by atoms with Crippen molar-refractivity contribution >= 4 is 23.5 Å². The molecule has 0 atom stereocenters. The van der Waals surface area contributed by atoms with Gasteiger partial charge in [-0.1, -0.05) is 0 Å². The minimum atomic E-state index is -0.543. The molecule has 3 N–H and O–H groups in total. The highest BCUT2D eigenvalue weighted by Crippen LogP contribution is 2.22. The van der Waals surface area contributed by atoms with Crippen molar-refractivity contribution in [2.75, 3.05) is 10.6 Å². The Bertz CT molecular complexity index is 952. The lowest BCUT2D eigenvalue weighted by atomic mass is 10.2. The zero-order valence-electron chi connectivity index (χ0n) is 13.4. The fourth-order valence-electron chi connectivity index (χ4n) is 2.27. The molecule has 0 bridgehead atoms. The van der Waals surface area contributed by atoms with Gasteiger partial charge >= 0.3 is 0 Å². The second kappa shape index (κ2) is 7.64. The second-order valence-electron chi connectivity index (χ2n) is 5.35. The molecule has 134 valence electrons. The third-order valence-corrected chi connectivity index (χ3v) is 3.57. The minimum absolute atomic E-state index is 0. The van der Waals surface area contributed by atoms with Gasteiger partial charge in [0.05, 0.1) is 0 Å². The lowest BCUT2D eigenvalue weighted by Crippen LogP contribution is -2.06. The van der Waals surface area contributed by atoms with Crippen molar-refractivity contribution in [1.82, 2.24) is 9.97 Å². The molecule has 0 amide bonds. The van der Waals surface area contributed by atoms with Gasteiger partial charge in [0, 0.05) is 49.5 Å². The van der Waals surface area contributed by atoms with Crippen molar-refractivity contribution in [3.63, 3.8) is 0 Å². The summed E-state index contributed by atoms with van der Waals surface area (Å²) in [5.41, 5.74) is 1.04. The number of halogens is 3. The summed E-state index contributed by atoms with van der Waals surface area (Å²) in [7, 11) is 0. The van der Waals surface area contributed by atoms with E-state index in [4.69, 9.17) is 5.41 Å². The Labute approximate surface area is 148 Å². The molecule has 26 heavy (non-hydrogen) atoms. The molecule has 3 aromatic rings. The number of hydrogen-bond donors (Lipinski definition) is 3. The molecule has 5 nitrogen and oxygen atoms in total. The number of anilines is 3. The standard InChI is InChI=1S/C18H14F3N5.H2/c19-13-3-4-14(20)11(6-13)9-24-16-7-17(25-10-12(16)8-22)26-18-15(21)2-1-5-23-18;/h1-8,10,22H,9H2,(H2,23,24,25,26);1H. The van der Waals surface area contributed by atoms with Gasteiger partial charge in [-0.05, 0) is 30.3 Å². The average Bonchev–Trinajstić information content (AvgIpc) is 2.64. The van der Waals surface area contributed by atoms with Gasteiger partial charge < -0.3 is 16.0 Å². The average molecular weight is 359 g/mol. The maximum absolute atomic E-state index is 13.7. The third kappa shape index (κ3) is 3.97. The molecule has 0 radical (unpaired) electrons. The molecule has 1 aromatic carbocycles. The number of pyridine rings is 2. The minimum Gasteiger partial charge on any atom is -0.380 e. The maximum atomic E-state index is 13.7. The number of nitrogens with zero attached hydrogens (tertiary/aromatic N) is 2. The summed E-state index contributed by atoms with van der Waals surface area (Å²) >= 11 is 0. The van der Waals surface area contributed by atoms with Gasteiger partial charge in [0.2, 0.25) is 0 Å². The van der Waals surface area contributed by atoms with E-state index in [1.807, 2.05) is 0 Å². The number of aromatic nitrogens is 2. The van der Waals surface area contributed by atoms with Crippen LogP contribution in [0.15, 0.2) is 48.8 Å². The normalized spacial score (nSPS) is 10.4. The van der Waals surface area contributed by atoms with Crippen LogP contribution < -0.4 is 10.6 Å². The van der Waals surface area contributed by atoms with Crippen molar-refractivity contribution in [1.29, 1.82) is 5.41 Å². The fraction of sp³-hybridized carbons (Fsp3) is 0.0556. The van der Waals surface area contributed by atoms with E-state index in [1.165, 1.54) is 30.6 Å². The Hall–Kier alpha value is -3.42. The maximum Gasteiger partial charge on any atom is 0.167 e. The van der Waals surface area contributed by atoms with E-state index in [0.717, 1.165) is 24.4 Å². The monoisotopic (exact) mass is 359 g/mol. The van der Waals surface area contributed by atoms with Crippen LogP contribution in [0.2, 0.25) is 0 Å². The molecule has 8 heteroatoms. The predicted molar refractivity (Wildman–Crippen MR) is 95.4 cm³/mol. The molecule has 0 saturated heterocycles. The summed E-state index contributed by atoms with van der Waals surface area (Å²) in [4.78, 5) is 7.97. The Balaban J connectivity index is 0.00000261. The Morgan fingerprint density at radius 2 is 1.92 bits per heavy atom. The van der Waals surface area contributed by atoms with Crippen molar-refractivity contribution in [3.8, 4) is 0 Å². The van der Waals surface area contributed by atoms with E-state index in [9.17, 15) is 13.2 Å². The molecule has 0 aliphatic heterocycles. The smallest absolute Gasteiger partial charge is 0.167 e. The first-order chi connectivity index (χ1) is 12.6. The summed E-state index contributed by atoms with van der Waals surface area (Å²) in [6.45, 7) is 0.00579. The Morgan fingerprint density at radius 1 is 1.08 bits per heavy atom. The summed E-state index contributed by atoms with van der Waals surface area (Å²) < 4.78 is 40.7. The quantitative estimate of drug-likeness (QED) is 0.567. The molecular weight excluding hydrogens is 343 g/mol. The molecule has 2 heterocycles. The van der Waals surface area contributed by atoms with Crippen LogP contribution in [0.4, 0.5) is 30.5 Å². The second-order valence-corrected chi connectivity index (χ2v) is 5.35.